The van der Waals surface area contributed by atoms with Crippen LogP contribution in [0.1, 0.15) is 29.9 Å². The molecule has 2 aromatic rings. The second kappa shape index (κ2) is 7.32. The fourth-order valence-corrected chi connectivity index (χ4v) is 4.11. The van der Waals surface area contributed by atoms with Crippen LogP contribution in [0.25, 0.3) is 0 Å². The van der Waals surface area contributed by atoms with Gasteiger partial charge >= 0.3 is 0 Å². The first-order valence-electron chi connectivity index (χ1n) is 9.39. The molecule has 0 saturated carbocycles. The molecule has 0 bridgehead atoms. The van der Waals surface area contributed by atoms with E-state index >= 15 is 0 Å². The lowest BCUT2D eigenvalue weighted by molar-refractivity contribution is -0.138. The molecular weight excluding hydrogens is 312 g/mol. The first-order chi connectivity index (χ1) is 12.2. The van der Waals surface area contributed by atoms with Gasteiger partial charge in [0.2, 0.25) is 0 Å². The molecule has 4 rings (SSSR count). The van der Waals surface area contributed by atoms with E-state index in [9.17, 15) is 0 Å². The minimum absolute atomic E-state index is 0.0443. The smallest absolute Gasteiger partial charge is 0.118 e. The topological polar surface area (TPSA) is 28.9 Å². The van der Waals surface area contributed by atoms with Gasteiger partial charge in [-0.05, 0) is 37.5 Å². The zero-order valence-electron chi connectivity index (χ0n) is 15.1. The fraction of sp³-hybridized carbons (Fsp3) is 0.524. The van der Waals surface area contributed by atoms with Gasteiger partial charge in [0, 0.05) is 32.7 Å². The summed E-state index contributed by atoms with van der Waals surface area (Å²) in [6.45, 7) is 9.05. The van der Waals surface area contributed by atoms with Crippen LogP contribution in [0.2, 0.25) is 0 Å². The number of piperidine rings is 1. The quantitative estimate of drug-likeness (QED) is 0.852. The summed E-state index contributed by atoms with van der Waals surface area (Å²) in [6.07, 6.45) is 2.22. The number of likely N-dealkylation sites (tertiary alicyclic amines) is 1. The molecule has 0 amide bonds. The average Bonchev–Trinajstić information content (AvgIpc) is 3.03. The standard InChI is InChI=1S/C21H28N2O2/c1-18-7-8-20(25-18)16-22-11-9-21(10-12-22)17-23(13-14-24-21)15-19-5-3-2-4-6-19/h2-8H,9-17H2,1H3. The zero-order valence-corrected chi connectivity index (χ0v) is 15.1. The minimum atomic E-state index is 0.0443. The van der Waals surface area contributed by atoms with Crippen LogP contribution < -0.4 is 0 Å². The summed E-state index contributed by atoms with van der Waals surface area (Å²) in [5, 5.41) is 0. The summed E-state index contributed by atoms with van der Waals surface area (Å²) in [7, 11) is 0. The van der Waals surface area contributed by atoms with Crippen LogP contribution in [0.15, 0.2) is 46.9 Å². The number of hydrogen-bond acceptors (Lipinski definition) is 4. The van der Waals surface area contributed by atoms with Gasteiger partial charge in [-0.25, -0.2) is 0 Å². The molecule has 1 aromatic carbocycles. The maximum Gasteiger partial charge on any atom is 0.118 e. The van der Waals surface area contributed by atoms with E-state index in [4.69, 9.17) is 9.15 Å². The van der Waals surface area contributed by atoms with Crippen molar-refractivity contribution in [1.29, 1.82) is 0 Å². The number of furan rings is 1. The van der Waals surface area contributed by atoms with E-state index in [1.54, 1.807) is 0 Å². The van der Waals surface area contributed by atoms with Crippen LogP contribution >= 0.6 is 0 Å². The predicted octanol–water partition coefficient (Wildman–Crippen LogP) is 3.46. The van der Waals surface area contributed by atoms with Gasteiger partial charge in [-0.3, -0.25) is 9.80 Å². The zero-order chi connectivity index (χ0) is 17.1. The monoisotopic (exact) mass is 340 g/mol. The van der Waals surface area contributed by atoms with Crippen molar-refractivity contribution in [2.75, 3.05) is 32.8 Å². The van der Waals surface area contributed by atoms with E-state index in [0.29, 0.717) is 0 Å². The second-order valence-corrected chi connectivity index (χ2v) is 7.52. The van der Waals surface area contributed by atoms with Crippen molar-refractivity contribution >= 4 is 0 Å². The van der Waals surface area contributed by atoms with Gasteiger partial charge in [0.1, 0.15) is 11.5 Å². The van der Waals surface area contributed by atoms with E-state index < -0.39 is 0 Å². The summed E-state index contributed by atoms with van der Waals surface area (Å²) < 4.78 is 12.0. The van der Waals surface area contributed by atoms with Crippen LogP contribution in [0.4, 0.5) is 0 Å². The molecule has 2 fully saturated rings. The summed E-state index contributed by atoms with van der Waals surface area (Å²) >= 11 is 0. The van der Waals surface area contributed by atoms with Crippen LogP contribution in [0, 0.1) is 6.92 Å². The molecule has 2 aliphatic rings. The molecule has 1 spiro atoms. The molecule has 134 valence electrons. The van der Waals surface area contributed by atoms with Crippen molar-refractivity contribution < 1.29 is 9.15 Å². The lowest BCUT2D eigenvalue weighted by Gasteiger charge is -2.47. The van der Waals surface area contributed by atoms with Crippen LogP contribution in [-0.2, 0) is 17.8 Å². The summed E-state index contributed by atoms with van der Waals surface area (Å²) in [5.74, 6) is 2.07. The SMILES string of the molecule is Cc1ccc(CN2CCC3(CC2)CN(Cc2ccccc2)CCO3)o1. The fourth-order valence-electron chi connectivity index (χ4n) is 4.11. The molecule has 4 nitrogen and oxygen atoms in total. The average molecular weight is 340 g/mol. The highest BCUT2D eigenvalue weighted by molar-refractivity contribution is 5.14. The molecule has 25 heavy (non-hydrogen) atoms. The Morgan fingerprint density at radius 3 is 2.44 bits per heavy atom. The van der Waals surface area contributed by atoms with Gasteiger partial charge in [0.25, 0.3) is 0 Å². The Morgan fingerprint density at radius 1 is 0.920 bits per heavy atom. The van der Waals surface area contributed by atoms with Gasteiger partial charge in [-0.1, -0.05) is 30.3 Å². The number of rotatable bonds is 4. The van der Waals surface area contributed by atoms with Crippen LogP contribution in [0.5, 0.6) is 0 Å². The predicted molar refractivity (Wildman–Crippen MR) is 98.4 cm³/mol. The van der Waals surface area contributed by atoms with E-state index in [-0.39, 0.29) is 5.60 Å². The molecule has 0 unspecified atom stereocenters. The molecule has 0 radical (unpaired) electrons. The molecule has 2 aliphatic heterocycles. The van der Waals surface area contributed by atoms with Crippen molar-refractivity contribution in [3.8, 4) is 0 Å². The number of benzene rings is 1. The molecule has 0 aliphatic carbocycles. The normalized spacial score (nSPS) is 21.6. The third-order valence-electron chi connectivity index (χ3n) is 5.52. The lowest BCUT2D eigenvalue weighted by atomic mass is 9.89. The summed E-state index contributed by atoms with van der Waals surface area (Å²) in [5.41, 5.74) is 1.44. The highest BCUT2D eigenvalue weighted by atomic mass is 16.5. The van der Waals surface area contributed by atoms with Crippen LogP contribution in [0.3, 0.4) is 0 Å². The van der Waals surface area contributed by atoms with E-state index in [2.05, 4.69) is 46.2 Å². The Hall–Kier alpha value is -1.62. The highest BCUT2D eigenvalue weighted by Crippen LogP contribution is 2.31. The Balaban J connectivity index is 1.32. The second-order valence-electron chi connectivity index (χ2n) is 7.52. The van der Waals surface area contributed by atoms with E-state index in [1.807, 2.05) is 13.0 Å². The lowest BCUT2D eigenvalue weighted by Crippen LogP contribution is -2.56. The van der Waals surface area contributed by atoms with E-state index in [0.717, 1.165) is 70.2 Å². The molecule has 2 saturated heterocycles. The van der Waals surface area contributed by atoms with Crippen molar-refractivity contribution in [2.45, 2.75) is 38.5 Å². The molecule has 3 heterocycles. The van der Waals surface area contributed by atoms with Gasteiger partial charge < -0.3 is 9.15 Å². The third kappa shape index (κ3) is 4.14. The first-order valence-corrected chi connectivity index (χ1v) is 9.39. The number of aryl methyl sites for hydroxylation is 1. The maximum absolute atomic E-state index is 6.29. The number of nitrogens with zero attached hydrogens (tertiary/aromatic N) is 2. The molecule has 0 N–H and O–H groups in total. The van der Waals surface area contributed by atoms with Gasteiger partial charge in [0.15, 0.2) is 0 Å². The first kappa shape index (κ1) is 16.8. The number of ether oxygens (including phenoxy) is 1. The van der Waals surface area contributed by atoms with Crippen molar-refractivity contribution in [3.05, 3.63) is 59.5 Å². The van der Waals surface area contributed by atoms with Crippen LogP contribution in [-0.4, -0.2) is 48.2 Å². The summed E-state index contributed by atoms with van der Waals surface area (Å²) in [4.78, 5) is 5.05. The Labute approximate surface area is 150 Å². The van der Waals surface area contributed by atoms with E-state index in [1.165, 1.54) is 5.56 Å². The number of morpholine rings is 1. The van der Waals surface area contributed by atoms with Gasteiger partial charge in [-0.2, -0.15) is 0 Å². The van der Waals surface area contributed by atoms with Crippen molar-refractivity contribution in [1.82, 2.24) is 9.80 Å². The Morgan fingerprint density at radius 2 is 1.72 bits per heavy atom. The Kier molecular flexibility index (Phi) is 4.93. The summed E-state index contributed by atoms with van der Waals surface area (Å²) in [6, 6.07) is 14.9. The van der Waals surface area contributed by atoms with Crippen molar-refractivity contribution in [2.24, 2.45) is 0 Å². The minimum Gasteiger partial charge on any atom is -0.465 e. The molecule has 4 heteroatoms. The largest absolute Gasteiger partial charge is 0.465 e. The maximum atomic E-state index is 6.29. The van der Waals surface area contributed by atoms with Gasteiger partial charge in [-0.15, -0.1) is 0 Å². The Bertz CT molecular complexity index is 674. The molecular formula is C21H28N2O2. The number of hydrogen-bond donors (Lipinski definition) is 0. The van der Waals surface area contributed by atoms with Crippen molar-refractivity contribution in [3.63, 3.8) is 0 Å². The van der Waals surface area contributed by atoms with Gasteiger partial charge in [0.05, 0.1) is 18.8 Å². The third-order valence-corrected chi connectivity index (χ3v) is 5.52. The molecule has 1 aromatic heterocycles. The highest BCUT2D eigenvalue weighted by Gasteiger charge is 2.39. The molecule has 0 atom stereocenters.